The lowest BCUT2D eigenvalue weighted by molar-refractivity contribution is 0.403. The van der Waals surface area contributed by atoms with Crippen LogP contribution in [0.5, 0.6) is 0 Å². The molecule has 1 aliphatic heterocycles. The van der Waals surface area contributed by atoms with Crippen LogP contribution in [0.4, 0.5) is 0 Å². The molecular formula is C17H29N. The molecule has 0 amide bonds. The molecule has 1 atom stereocenters. The van der Waals surface area contributed by atoms with Crippen molar-refractivity contribution in [1.82, 2.24) is 0 Å². The van der Waals surface area contributed by atoms with Crippen molar-refractivity contribution < 1.29 is 0 Å². The molecule has 0 aromatic heterocycles. The zero-order chi connectivity index (χ0) is 14.0. The van der Waals surface area contributed by atoms with Crippen molar-refractivity contribution in [3.8, 4) is 0 Å². The summed E-state index contributed by atoms with van der Waals surface area (Å²) in [4.78, 5) is 4.63. The first-order chi connectivity index (χ1) is 8.24. The molecule has 1 heterocycles. The summed E-state index contributed by atoms with van der Waals surface area (Å²) >= 11 is 0. The fraction of sp³-hybridized carbons (Fsp3) is 0.706. The third-order valence-corrected chi connectivity index (χ3v) is 4.30. The quantitative estimate of drug-likeness (QED) is 0.596. The number of allylic oxidation sites excluding steroid dienone is 3. The molecule has 18 heavy (non-hydrogen) atoms. The van der Waals surface area contributed by atoms with Crippen LogP contribution in [0.2, 0.25) is 0 Å². The van der Waals surface area contributed by atoms with Crippen LogP contribution in [-0.2, 0) is 0 Å². The lowest BCUT2D eigenvalue weighted by Gasteiger charge is -2.33. The molecule has 0 aliphatic carbocycles. The maximum Gasteiger partial charge on any atom is 0.0608 e. The molecule has 0 saturated carbocycles. The zero-order valence-corrected chi connectivity index (χ0v) is 13.2. The standard InChI is InChI=1S/C17H29N/c1-8-15-12-18-11-14(10-16(4,5)6)13(3)17(15,7)9-2/h8,11H,9-10,12H2,1-7H3/t17-/m0/s1. The Kier molecular flexibility index (Phi) is 4.58. The van der Waals surface area contributed by atoms with E-state index < -0.39 is 0 Å². The SMILES string of the molecule is CC=C1CN=CC(CC(C)(C)C)=C(C)[C@]1(C)CC. The molecule has 1 nitrogen and oxygen atoms in total. The minimum absolute atomic E-state index is 0.186. The van der Waals surface area contributed by atoms with Crippen LogP contribution >= 0.6 is 0 Å². The molecule has 0 aromatic rings. The lowest BCUT2D eigenvalue weighted by Crippen LogP contribution is -2.22. The second-order valence-corrected chi connectivity index (χ2v) is 6.86. The Morgan fingerprint density at radius 2 is 2.00 bits per heavy atom. The fourth-order valence-corrected chi connectivity index (χ4v) is 2.77. The Balaban J connectivity index is 3.26. The summed E-state index contributed by atoms with van der Waals surface area (Å²) in [6.07, 6.45) is 6.62. The first-order valence-corrected chi connectivity index (χ1v) is 7.10. The summed E-state index contributed by atoms with van der Waals surface area (Å²) in [6.45, 7) is 16.8. The Morgan fingerprint density at radius 3 is 2.44 bits per heavy atom. The van der Waals surface area contributed by atoms with Gasteiger partial charge in [-0.15, -0.1) is 0 Å². The van der Waals surface area contributed by atoms with E-state index >= 15 is 0 Å². The van der Waals surface area contributed by atoms with Gasteiger partial charge in [0.15, 0.2) is 0 Å². The van der Waals surface area contributed by atoms with E-state index in [0.29, 0.717) is 5.41 Å². The van der Waals surface area contributed by atoms with Crippen molar-refractivity contribution in [3.05, 3.63) is 22.8 Å². The molecule has 0 spiro atoms. The van der Waals surface area contributed by atoms with Crippen molar-refractivity contribution >= 4 is 6.21 Å². The van der Waals surface area contributed by atoms with Crippen LogP contribution in [0.1, 0.15) is 61.3 Å². The smallest absolute Gasteiger partial charge is 0.0608 e. The monoisotopic (exact) mass is 247 g/mol. The zero-order valence-electron chi connectivity index (χ0n) is 13.2. The van der Waals surface area contributed by atoms with Gasteiger partial charge in [0.05, 0.1) is 6.54 Å². The third-order valence-electron chi connectivity index (χ3n) is 4.30. The van der Waals surface area contributed by atoms with Gasteiger partial charge >= 0.3 is 0 Å². The Morgan fingerprint density at radius 1 is 1.39 bits per heavy atom. The minimum Gasteiger partial charge on any atom is -0.288 e. The summed E-state index contributed by atoms with van der Waals surface area (Å²) in [5.41, 5.74) is 4.91. The van der Waals surface area contributed by atoms with Crippen LogP contribution in [0, 0.1) is 10.8 Å². The van der Waals surface area contributed by atoms with E-state index in [9.17, 15) is 0 Å². The summed E-state index contributed by atoms with van der Waals surface area (Å²) in [6, 6.07) is 0. The molecule has 0 bridgehead atoms. The first-order valence-electron chi connectivity index (χ1n) is 7.10. The van der Waals surface area contributed by atoms with Crippen molar-refractivity contribution in [3.63, 3.8) is 0 Å². The van der Waals surface area contributed by atoms with Crippen molar-refractivity contribution in [2.24, 2.45) is 15.8 Å². The number of nitrogens with zero attached hydrogens (tertiary/aromatic N) is 1. The second kappa shape index (κ2) is 5.42. The van der Waals surface area contributed by atoms with E-state index in [1.807, 2.05) is 0 Å². The van der Waals surface area contributed by atoms with Gasteiger partial charge < -0.3 is 0 Å². The number of rotatable bonds is 2. The highest BCUT2D eigenvalue weighted by atomic mass is 14.7. The van der Waals surface area contributed by atoms with E-state index in [0.717, 1.165) is 19.4 Å². The maximum atomic E-state index is 4.63. The molecule has 1 aliphatic rings. The Bertz CT molecular complexity index is 390. The van der Waals surface area contributed by atoms with Gasteiger partial charge in [0, 0.05) is 11.6 Å². The highest BCUT2D eigenvalue weighted by Gasteiger charge is 2.32. The average Bonchev–Trinajstić information content (AvgIpc) is 2.39. The molecule has 102 valence electrons. The van der Waals surface area contributed by atoms with Crippen molar-refractivity contribution in [2.45, 2.75) is 61.3 Å². The van der Waals surface area contributed by atoms with Gasteiger partial charge in [-0.1, -0.05) is 46.3 Å². The number of hydrogen-bond acceptors (Lipinski definition) is 1. The average molecular weight is 247 g/mol. The predicted octanol–water partition coefficient (Wildman–Crippen LogP) is 5.19. The number of aliphatic imine (C=N–C) groups is 1. The van der Waals surface area contributed by atoms with Gasteiger partial charge in [-0.25, -0.2) is 0 Å². The van der Waals surface area contributed by atoms with Crippen molar-refractivity contribution in [2.75, 3.05) is 6.54 Å². The molecule has 0 fully saturated rings. The summed E-state index contributed by atoms with van der Waals surface area (Å²) in [7, 11) is 0. The Hall–Kier alpha value is -0.850. The molecular weight excluding hydrogens is 218 g/mol. The number of hydrogen-bond donors (Lipinski definition) is 0. The molecule has 0 N–H and O–H groups in total. The van der Waals surface area contributed by atoms with Crippen LogP contribution in [0.25, 0.3) is 0 Å². The molecule has 1 rings (SSSR count). The molecule has 0 saturated heterocycles. The van der Waals surface area contributed by atoms with Crippen LogP contribution in [0.3, 0.4) is 0 Å². The minimum atomic E-state index is 0.186. The van der Waals surface area contributed by atoms with Crippen LogP contribution < -0.4 is 0 Å². The summed E-state index contributed by atoms with van der Waals surface area (Å²) < 4.78 is 0. The van der Waals surface area contributed by atoms with E-state index in [2.05, 4.69) is 65.7 Å². The molecule has 1 heteroatoms. The van der Waals surface area contributed by atoms with Crippen LogP contribution in [0.15, 0.2) is 27.8 Å². The van der Waals surface area contributed by atoms with Gasteiger partial charge in [-0.2, -0.15) is 0 Å². The van der Waals surface area contributed by atoms with Gasteiger partial charge in [-0.05, 0) is 43.3 Å². The lowest BCUT2D eigenvalue weighted by atomic mass is 9.71. The van der Waals surface area contributed by atoms with Crippen LogP contribution in [-0.4, -0.2) is 12.8 Å². The highest BCUT2D eigenvalue weighted by molar-refractivity contribution is 5.81. The van der Waals surface area contributed by atoms with Gasteiger partial charge in [-0.3, -0.25) is 4.99 Å². The summed E-state index contributed by atoms with van der Waals surface area (Å²) in [5, 5.41) is 0. The largest absolute Gasteiger partial charge is 0.288 e. The van der Waals surface area contributed by atoms with Gasteiger partial charge in [0.2, 0.25) is 0 Å². The van der Waals surface area contributed by atoms with E-state index in [1.54, 1.807) is 0 Å². The topological polar surface area (TPSA) is 12.4 Å². The second-order valence-electron chi connectivity index (χ2n) is 6.86. The van der Waals surface area contributed by atoms with Crippen molar-refractivity contribution in [1.29, 1.82) is 0 Å². The Labute approximate surface area is 113 Å². The van der Waals surface area contributed by atoms with Gasteiger partial charge in [0.25, 0.3) is 0 Å². The maximum absolute atomic E-state index is 4.63. The summed E-state index contributed by atoms with van der Waals surface area (Å²) in [5.74, 6) is 0. The third kappa shape index (κ3) is 3.13. The van der Waals surface area contributed by atoms with E-state index in [-0.39, 0.29) is 5.41 Å². The van der Waals surface area contributed by atoms with E-state index in [4.69, 9.17) is 0 Å². The molecule has 0 aromatic carbocycles. The normalized spacial score (nSPS) is 27.8. The first kappa shape index (κ1) is 15.2. The van der Waals surface area contributed by atoms with E-state index in [1.165, 1.54) is 16.7 Å². The molecule has 0 unspecified atom stereocenters. The fourth-order valence-electron chi connectivity index (χ4n) is 2.77. The predicted molar refractivity (Wildman–Crippen MR) is 82.3 cm³/mol. The van der Waals surface area contributed by atoms with Gasteiger partial charge in [0.1, 0.15) is 0 Å². The highest BCUT2D eigenvalue weighted by Crippen LogP contribution is 2.43. The molecule has 0 radical (unpaired) electrons.